The van der Waals surface area contributed by atoms with Gasteiger partial charge in [-0.15, -0.1) is 0 Å². The molecule has 12 nitrogen and oxygen atoms in total. The first-order valence-electron chi connectivity index (χ1n) is 16.8. The van der Waals surface area contributed by atoms with Crippen molar-refractivity contribution < 1.29 is 30.8 Å². The predicted molar refractivity (Wildman–Crippen MR) is 192 cm³/mol. The van der Waals surface area contributed by atoms with Gasteiger partial charge in [0, 0.05) is 37.6 Å². The van der Waals surface area contributed by atoms with Crippen LogP contribution in [0.25, 0.3) is 0 Å². The maximum atomic E-state index is 14.3. The molecule has 0 aromatic heterocycles. The number of sulfonamides is 2. The van der Waals surface area contributed by atoms with Crippen molar-refractivity contribution in [3.63, 3.8) is 0 Å². The molecule has 4 rings (SSSR count). The van der Waals surface area contributed by atoms with Gasteiger partial charge in [0.05, 0.1) is 0 Å². The van der Waals surface area contributed by atoms with Crippen molar-refractivity contribution in [3.8, 4) is 0 Å². The number of carbonyl (C=O) groups excluding carboxylic acids is 2. The number of amides is 4. The average molecular weight is 723 g/mol. The highest BCUT2D eigenvalue weighted by Crippen LogP contribution is 2.35. The molecule has 2 aromatic carbocycles. The molecule has 2 aliphatic heterocycles. The maximum absolute atomic E-state index is 14.3. The Hall–Kier alpha value is -3.27. The van der Waals surface area contributed by atoms with Gasteiger partial charge < -0.3 is 20.4 Å². The molecule has 0 radical (unpaired) electrons. The predicted octanol–water partition coefficient (Wildman–Crippen LogP) is 5.29. The second kappa shape index (κ2) is 15.3. The lowest BCUT2D eigenvalue weighted by atomic mass is 9.90. The standard InChI is InChI=1S/C34H51FN6O6S2/c1-20(2)27-10-9-11-28(31(27)36-33(42)38-48(44,45)25-16-40(8)17-25)23(7)12-13-41-18-26(19-41)49(46,47)39-34(43)37-32-29(21(3)4)14-24(35)15-30(32)22(5)6/h9-11,14-15,20-23,25-26H,12-13,16-19H2,1-8H3,(H2,36,38,42)(H2,37,39,43). The van der Waals surface area contributed by atoms with Crippen molar-refractivity contribution in [3.05, 3.63) is 58.4 Å². The van der Waals surface area contributed by atoms with Crippen molar-refractivity contribution in [2.45, 2.75) is 89.1 Å². The average Bonchev–Trinajstić information content (AvgIpc) is 2.94. The zero-order valence-electron chi connectivity index (χ0n) is 29.6. The van der Waals surface area contributed by atoms with Crippen LogP contribution in [0.4, 0.5) is 25.4 Å². The van der Waals surface area contributed by atoms with Crippen LogP contribution < -0.4 is 20.1 Å². The summed E-state index contributed by atoms with van der Waals surface area (Å²) in [6, 6.07) is 6.75. The zero-order chi connectivity index (χ0) is 36.4. The summed E-state index contributed by atoms with van der Waals surface area (Å²) in [6.45, 7) is 15.3. The minimum Gasteiger partial charge on any atom is -0.307 e. The van der Waals surface area contributed by atoms with E-state index in [0.717, 1.165) is 11.1 Å². The fourth-order valence-electron chi connectivity index (χ4n) is 6.30. The number of urea groups is 2. The van der Waals surface area contributed by atoms with Gasteiger partial charge in [-0.2, -0.15) is 0 Å². The number of anilines is 2. The van der Waals surface area contributed by atoms with Crippen LogP contribution in [0.5, 0.6) is 0 Å². The van der Waals surface area contributed by atoms with Gasteiger partial charge in [0.2, 0.25) is 20.0 Å². The molecule has 2 aromatic rings. The first-order chi connectivity index (χ1) is 22.8. The van der Waals surface area contributed by atoms with Gasteiger partial charge in [-0.05, 0) is 78.1 Å². The molecule has 0 saturated carbocycles. The van der Waals surface area contributed by atoms with Crippen molar-refractivity contribution in [2.24, 2.45) is 0 Å². The number of hydrogen-bond acceptors (Lipinski definition) is 8. The topological polar surface area (TPSA) is 157 Å². The van der Waals surface area contributed by atoms with E-state index in [4.69, 9.17) is 0 Å². The van der Waals surface area contributed by atoms with Gasteiger partial charge in [-0.1, -0.05) is 66.7 Å². The number of rotatable bonds is 13. The Kier molecular flexibility index (Phi) is 12.0. The molecule has 0 aliphatic carbocycles. The highest BCUT2D eigenvalue weighted by Gasteiger charge is 2.39. The fraction of sp³-hybridized carbons (Fsp3) is 0.588. The SMILES string of the molecule is CC(C)c1cc(F)cc(C(C)C)c1NC(=O)NS(=O)(=O)C1CN(CCC(C)c2cccc(C(C)C)c2NC(=O)NS(=O)(=O)C2CN(C)C2)C1. The lowest BCUT2D eigenvalue weighted by Crippen LogP contribution is -2.58. The Morgan fingerprint density at radius 2 is 1.16 bits per heavy atom. The summed E-state index contributed by atoms with van der Waals surface area (Å²) in [5.74, 6) is -0.609. The molecule has 4 amide bonds. The molecule has 2 fully saturated rings. The van der Waals surface area contributed by atoms with Crippen LogP contribution in [0, 0.1) is 5.82 Å². The smallest absolute Gasteiger partial charge is 0.307 e. The van der Waals surface area contributed by atoms with Crippen LogP contribution in [0.15, 0.2) is 30.3 Å². The Bertz CT molecular complexity index is 1720. The third-order valence-corrected chi connectivity index (χ3v) is 12.6. The lowest BCUT2D eigenvalue weighted by Gasteiger charge is -2.39. The first kappa shape index (κ1) is 38.5. The number of hydrogen-bond donors (Lipinski definition) is 4. The molecule has 2 aliphatic rings. The maximum Gasteiger partial charge on any atom is 0.332 e. The molecule has 1 atom stereocenters. The monoisotopic (exact) mass is 722 g/mol. The van der Waals surface area contributed by atoms with Crippen LogP contribution in [0.3, 0.4) is 0 Å². The summed E-state index contributed by atoms with van der Waals surface area (Å²) in [5, 5.41) is 4.07. The number of para-hydroxylation sites is 1. The highest BCUT2D eigenvalue weighted by molar-refractivity contribution is 7.91. The Morgan fingerprint density at radius 3 is 1.61 bits per heavy atom. The minimum absolute atomic E-state index is 0.0496. The molecule has 1 unspecified atom stereocenters. The van der Waals surface area contributed by atoms with Crippen LogP contribution in [-0.4, -0.2) is 89.0 Å². The van der Waals surface area contributed by atoms with Gasteiger partial charge in [0.25, 0.3) is 0 Å². The summed E-state index contributed by atoms with van der Waals surface area (Å²) in [5.41, 5.74) is 3.90. The third kappa shape index (κ3) is 9.30. The molecule has 4 N–H and O–H groups in total. The van der Waals surface area contributed by atoms with Crippen LogP contribution >= 0.6 is 0 Å². The van der Waals surface area contributed by atoms with Crippen LogP contribution in [0.2, 0.25) is 0 Å². The number of nitrogens with one attached hydrogen (secondary N) is 4. The first-order valence-corrected chi connectivity index (χ1v) is 19.9. The number of nitrogens with zero attached hydrogens (tertiary/aromatic N) is 2. The van der Waals surface area contributed by atoms with E-state index in [-0.39, 0.29) is 36.8 Å². The molecule has 0 spiro atoms. The quantitative estimate of drug-likeness (QED) is 0.217. The molecular formula is C34H51FN6O6S2. The lowest BCUT2D eigenvalue weighted by molar-refractivity contribution is 0.178. The summed E-state index contributed by atoms with van der Waals surface area (Å²) in [4.78, 5) is 29.7. The molecule has 2 heterocycles. The van der Waals surface area contributed by atoms with Crippen molar-refractivity contribution in [2.75, 3.05) is 50.4 Å². The van der Waals surface area contributed by atoms with Crippen molar-refractivity contribution >= 4 is 43.5 Å². The normalized spacial score (nSPS) is 17.1. The molecule has 272 valence electrons. The zero-order valence-corrected chi connectivity index (χ0v) is 31.3. The summed E-state index contributed by atoms with van der Waals surface area (Å²) in [6.07, 6.45) is 0.645. The number of benzene rings is 2. The largest absolute Gasteiger partial charge is 0.332 e. The molecule has 0 bridgehead atoms. The van der Waals surface area contributed by atoms with E-state index in [9.17, 15) is 30.8 Å². The van der Waals surface area contributed by atoms with Crippen molar-refractivity contribution in [1.29, 1.82) is 0 Å². The van der Waals surface area contributed by atoms with Crippen molar-refractivity contribution in [1.82, 2.24) is 19.2 Å². The van der Waals surface area contributed by atoms with E-state index in [1.807, 2.05) is 83.5 Å². The number of likely N-dealkylation sites (tertiary alicyclic amines) is 2. The molecular weight excluding hydrogens is 672 g/mol. The minimum atomic E-state index is -3.98. The van der Waals surface area contributed by atoms with E-state index >= 15 is 0 Å². The van der Waals surface area contributed by atoms with Crippen LogP contribution in [0.1, 0.15) is 101 Å². The number of halogens is 1. The van der Waals surface area contributed by atoms with E-state index < -0.39 is 48.4 Å². The highest BCUT2D eigenvalue weighted by atomic mass is 32.2. The Balaban J connectivity index is 1.35. The Morgan fingerprint density at radius 1 is 0.735 bits per heavy atom. The van der Waals surface area contributed by atoms with Gasteiger partial charge in [-0.3, -0.25) is 0 Å². The van der Waals surface area contributed by atoms with Gasteiger partial charge in [-0.25, -0.2) is 40.3 Å². The summed E-state index contributed by atoms with van der Waals surface area (Å²) < 4.78 is 70.1. The molecule has 49 heavy (non-hydrogen) atoms. The second-order valence-electron chi connectivity index (χ2n) is 14.4. The second-order valence-corrected chi connectivity index (χ2v) is 18.3. The van der Waals surface area contributed by atoms with Gasteiger partial charge in [0.15, 0.2) is 0 Å². The third-order valence-electron chi connectivity index (χ3n) is 9.35. The van der Waals surface area contributed by atoms with Gasteiger partial charge in [0.1, 0.15) is 16.3 Å². The van der Waals surface area contributed by atoms with E-state index in [1.54, 1.807) is 0 Å². The summed E-state index contributed by atoms with van der Waals surface area (Å²) >= 11 is 0. The molecule has 15 heteroatoms. The van der Waals surface area contributed by atoms with E-state index in [2.05, 4.69) is 20.1 Å². The van der Waals surface area contributed by atoms with Crippen LogP contribution in [-0.2, 0) is 20.0 Å². The fourth-order valence-corrected chi connectivity index (χ4v) is 8.97. The van der Waals surface area contributed by atoms with Gasteiger partial charge >= 0.3 is 12.1 Å². The summed E-state index contributed by atoms with van der Waals surface area (Å²) in [7, 11) is -5.98. The molecule has 2 saturated heterocycles. The number of carbonyl (C=O) groups is 2. The van der Waals surface area contributed by atoms with E-state index in [0.29, 0.717) is 48.6 Å². The Labute approximate surface area is 290 Å². The van der Waals surface area contributed by atoms with E-state index in [1.165, 1.54) is 12.1 Å².